The first-order chi connectivity index (χ1) is 10.3. The van der Waals surface area contributed by atoms with Gasteiger partial charge in [-0.3, -0.25) is 5.32 Å². The Morgan fingerprint density at radius 2 is 2.05 bits per heavy atom. The molecule has 0 saturated heterocycles. The minimum Gasteiger partial charge on any atom is -0.468 e. The minimum absolute atomic E-state index is 0.481. The maximum atomic E-state index is 9.81. The SMILES string of the molecule is N#CC(CSCc1ccco1)(NC1CC1)c1ccccc1. The minimum atomic E-state index is -0.611. The molecule has 3 nitrogen and oxygen atoms in total. The van der Waals surface area contributed by atoms with Crippen LogP contribution in [0, 0.1) is 11.3 Å². The van der Waals surface area contributed by atoms with E-state index in [9.17, 15) is 5.26 Å². The van der Waals surface area contributed by atoms with Gasteiger partial charge in [-0.15, -0.1) is 0 Å². The lowest BCUT2D eigenvalue weighted by Gasteiger charge is -2.28. The smallest absolute Gasteiger partial charge is 0.141 e. The number of nitrogens with zero attached hydrogens (tertiary/aromatic N) is 1. The van der Waals surface area contributed by atoms with Crippen LogP contribution >= 0.6 is 11.8 Å². The Balaban J connectivity index is 1.73. The van der Waals surface area contributed by atoms with Gasteiger partial charge in [-0.2, -0.15) is 17.0 Å². The van der Waals surface area contributed by atoms with Crippen molar-refractivity contribution in [2.45, 2.75) is 30.2 Å². The first-order valence-corrected chi connectivity index (χ1v) is 8.32. The van der Waals surface area contributed by atoms with Crippen LogP contribution in [0.25, 0.3) is 0 Å². The van der Waals surface area contributed by atoms with Crippen LogP contribution in [0.4, 0.5) is 0 Å². The van der Waals surface area contributed by atoms with Crippen molar-refractivity contribution >= 4 is 11.8 Å². The third-order valence-electron chi connectivity index (χ3n) is 3.63. The van der Waals surface area contributed by atoms with Crippen LogP contribution in [0.15, 0.2) is 53.1 Å². The number of hydrogen-bond acceptors (Lipinski definition) is 4. The summed E-state index contributed by atoms with van der Waals surface area (Å²) < 4.78 is 5.36. The van der Waals surface area contributed by atoms with E-state index in [1.165, 1.54) is 12.8 Å². The van der Waals surface area contributed by atoms with Gasteiger partial charge in [-0.05, 0) is 30.5 Å². The van der Waals surface area contributed by atoms with Gasteiger partial charge in [-0.25, -0.2) is 0 Å². The lowest BCUT2D eigenvalue weighted by atomic mass is 9.93. The van der Waals surface area contributed by atoms with E-state index in [1.807, 2.05) is 42.5 Å². The molecule has 0 bridgehead atoms. The number of rotatable bonds is 7. The van der Waals surface area contributed by atoms with Crippen molar-refractivity contribution in [1.29, 1.82) is 5.26 Å². The zero-order valence-electron chi connectivity index (χ0n) is 11.8. The highest BCUT2D eigenvalue weighted by atomic mass is 32.2. The largest absolute Gasteiger partial charge is 0.468 e. The molecule has 1 fully saturated rings. The molecule has 4 heteroatoms. The average molecular weight is 298 g/mol. The second-order valence-electron chi connectivity index (χ2n) is 5.37. The van der Waals surface area contributed by atoms with Crippen molar-refractivity contribution in [2.24, 2.45) is 0 Å². The van der Waals surface area contributed by atoms with Crippen molar-refractivity contribution < 1.29 is 4.42 Å². The van der Waals surface area contributed by atoms with Gasteiger partial charge in [0.1, 0.15) is 11.3 Å². The van der Waals surface area contributed by atoms with Gasteiger partial charge < -0.3 is 4.42 Å². The Morgan fingerprint density at radius 3 is 2.67 bits per heavy atom. The summed E-state index contributed by atoms with van der Waals surface area (Å²) in [7, 11) is 0. The highest BCUT2D eigenvalue weighted by molar-refractivity contribution is 7.98. The molecular weight excluding hydrogens is 280 g/mol. The van der Waals surface area contributed by atoms with Gasteiger partial charge in [0.15, 0.2) is 0 Å². The van der Waals surface area contributed by atoms with Crippen molar-refractivity contribution in [1.82, 2.24) is 5.32 Å². The van der Waals surface area contributed by atoms with E-state index < -0.39 is 5.54 Å². The molecule has 108 valence electrons. The lowest BCUT2D eigenvalue weighted by Crippen LogP contribution is -2.44. The molecule has 0 radical (unpaired) electrons. The Bertz CT molecular complexity index is 601. The first kappa shape index (κ1) is 14.2. The van der Waals surface area contributed by atoms with E-state index in [2.05, 4.69) is 11.4 Å². The van der Waals surface area contributed by atoms with Gasteiger partial charge in [0.25, 0.3) is 0 Å². The second kappa shape index (κ2) is 6.38. The summed E-state index contributed by atoms with van der Waals surface area (Å²) in [5.74, 6) is 2.45. The van der Waals surface area contributed by atoms with Crippen LogP contribution in [-0.4, -0.2) is 11.8 Å². The summed E-state index contributed by atoms with van der Waals surface area (Å²) in [5, 5.41) is 13.4. The third-order valence-corrected chi connectivity index (χ3v) is 4.75. The summed E-state index contributed by atoms with van der Waals surface area (Å²) in [6, 6.07) is 16.9. The first-order valence-electron chi connectivity index (χ1n) is 7.17. The number of benzene rings is 1. The van der Waals surface area contributed by atoms with Crippen molar-refractivity contribution in [3.63, 3.8) is 0 Å². The molecule has 21 heavy (non-hydrogen) atoms. The van der Waals surface area contributed by atoms with Gasteiger partial charge in [0.05, 0.1) is 18.1 Å². The molecule has 1 heterocycles. The van der Waals surface area contributed by atoms with Gasteiger partial charge in [0, 0.05) is 11.8 Å². The zero-order valence-corrected chi connectivity index (χ0v) is 12.6. The maximum absolute atomic E-state index is 9.81. The molecule has 1 aliphatic rings. The van der Waals surface area contributed by atoms with Crippen molar-refractivity contribution in [3.05, 3.63) is 60.1 Å². The summed E-state index contributed by atoms with van der Waals surface area (Å²) in [4.78, 5) is 0. The Kier molecular flexibility index (Phi) is 4.33. The highest BCUT2D eigenvalue weighted by Gasteiger charge is 2.37. The molecule has 1 atom stereocenters. The summed E-state index contributed by atoms with van der Waals surface area (Å²) in [5.41, 5.74) is 0.436. The van der Waals surface area contributed by atoms with Crippen LogP contribution in [0.1, 0.15) is 24.2 Å². The Hall–Kier alpha value is -1.70. The van der Waals surface area contributed by atoms with Crippen LogP contribution in [0.5, 0.6) is 0 Å². The zero-order chi connectivity index (χ0) is 14.5. The fourth-order valence-electron chi connectivity index (χ4n) is 2.34. The average Bonchev–Trinajstić information content (AvgIpc) is 3.19. The van der Waals surface area contributed by atoms with E-state index in [0.717, 1.165) is 17.1 Å². The van der Waals surface area contributed by atoms with Crippen LogP contribution in [0.2, 0.25) is 0 Å². The molecule has 1 N–H and O–H groups in total. The quantitative estimate of drug-likeness (QED) is 0.847. The molecule has 0 amide bonds. The van der Waals surface area contributed by atoms with Crippen LogP contribution in [-0.2, 0) is 11.3 Å². The molecule has 1 unspecified atom stereocenters. The van der Waals surface area contributed by atoms with Crippen LogP contribution < -0.4 is 5.32 Å². The summed E-state index contributed by atoms with van der Waals surface area (Å²) in [6.07, 6.45) is 4.02. The Labute approximate surface area is 129 Å². The van der Waals surface area contributed by atoms with Gasteiger partial charge in [-0.1, -0.05) is 30.3 Å². The highest BCUT2D eigenvalue weighted by Crippen LogP contribution is 2.32. The van der Waals surface area contributed by atoms with E-state index in [4.69, 9.17) is 4.42 Å². The monoisotopic (exact) mass is 298 g/mol. The maximum Gasteiger partial charge on any atom is 0.141 e. The topological polar surface area (TPSA) is 49.0 Å². The molecule has 0 spiro atoms. The van der Waals surface area contributed by atoms with Crippen molar-refractivity contribution in [2.75, 3.05) is 5.75 Å². The number of nitriles is 1. The molecule has 1 aromatic carbocycles. The number of furan rings is 1. The molecule has 0 aliphatic heterocycles. The molecule has 1 saturated carbocycles. The molecule has 2 aromatic rings. The summed E-state index contributed by atoms with van der Waals surface area (Å²) >= 11 is 1.73. The lowest BCUT2D eigenvalue weighted by molar-refractivity contribution is 0.469. The molecule has 3 rings (SSSR count). The fourth-order valence-corrected chi connectivity index (χ4v) is 3.42. The molecule has 1 aromatic heterocycles. The van der Waals surface area contributed by atoms with E-state index in [-0.39, 0.29) is 0 Å². The summed E-state index contributed by atoms with van der Waals surface area (Å²) in [6.45, 7) is 0. The standard InChI is InChI=1S/C17H18N2OS/c18-12-17(19-15-8-9-15,14-5-2-1-3-6-14)13-21-11-16-7-4-10-20-16/h1-7,10,15,19H,8-9,11,13H2. The van der Waals surface area contributed by atoms with Gasteiger partial charge >= 0.3 is 0 Å². The van der Waals surface area contributed by atoms with E-state index >= 15 is 0 Å². The van der Waals surface area contributed by atoms with Crippen molar-refractivity contribution in [3.8, 4) is 6.07 Å². The predicted molar refractivity (Wildman–Crippen MR) is 84.8 cm³/mol. The molecule has 1 aliphatic carbocycles. The molecular formula is C17H18N2OS. The second-order valence-corrected chi connectivity index (χ2v) is 6.36. The number of thioether (sulfide) groups is 1. The van der Waals surface area contributed by atoms with Gasteiger partial charge in [0.2, 0.25) is 0 Å². The van der Waals surface area contributed by atoms with E-state index in [1.54, 1.807) is 18.0 Å². The fraction of sp³-hybridized carbons (Fsp3) is 0.353. The number of hydrogen-bond donors (Lipinski definition) is 1. The van der Waals surface area contributed by atoms with E-state index in [0.29, 0.717) is 11.8 Å². The normalized spacial score (nSPS) is 17.1. The number of nitrogens with one attached hydrogen (secondary N) is 1. The predicted octanol–water partition coefficient (Wildman–Crippen LogP) is 3.68. The van der Waals surface area contributed by atoms with Crippen LogP contribution in [0.3, 0.4) is 0 Å². The third kappa shape index (κ3) is 3.49. The Morgan fingerprint density at radius 1 is 1.24 bits per heavy atom.